The summed E-state index contributed by atoms with van der Waals surface area (Å²) in [6.07, 6.45) is 1.92. The van der Waals surface area contributed by atoms with E-state index in [1.54, 1.807) is 0 Å². The second kappa shape index (κ2) is 7.38. The Bertz CT molecular complexity index is 851. The largest absolute Gasteiger partial charge is 0.368 e. The zero-order valence-electron chi connectivity index (χ0n) is 14.8. The minimum absolute atomic E-state index is 0.130. The monoisotopic (exact) mass is 363 g/mol. The molecule has 1 fully saturated rings. The lowest BCUT2D eigenvalue weighted by Crippen LogP contribution is -2.47. The number of aryl methyl sites for hydroxylation is 1. The van der Waals surface area contributed by atoms with Crippen LogP contribution in [0.4, 0.5) is 5.69 Å². The van der Waals surface area contributed by atoms with Crippen LogP contribution in [0.2, 0.25) is 0 Å². The Morgan fingerprint density at radius 3 is 2.27 bits per heavy atom. The molecular weight excluding hydrogens is 342 g/mol. The van der Waals surface area contributed by atoms with E-state index < -0.39 is 0 Å². The summed E-state index contributed by atoms with van der Waals surface area (Å²) in [6, 6.07) is 18.6. The van der Waals surface area contributed by atoms with Crippen LogP contribution in [0.1, 0.15) is 11.1 Å². The van der Waals surface area contributed by atoms with E-state index in [9.17, 15) is 4.79 Å². The minimum atomic E-state index is -0.130. The van der Waals surface area contributed by atoms with Crippen molar-refractivity contribution in [3.05, 3.63) is 70.6 Å². The molecule has 0 saturated carbocycles. The smallest absolute Gasteiger partial charge is 0.286 e. The number of hydrogen-bond acceptors (Lipinski definition) is 4. The Balaban J connectivity index is 1.39. The molecule has 26 heavy (non-hydrogen) atoms. The van der Waals surface area contributed by atoms with Crippen LogP contribution in [-0.2, 0) is 4.79 Å². The summed E-state index contributed by atoms with van der Waals surface area (Å²) < 4.78 is 0. The first kappa shape index (κ1) is 16.9. The third-order valence-electron chi connectivity index (χ3n) is 4.66. The van der Waals surface area contributed by atoms with Crippen molar-refractivity contribution in [3.63, 3.8) is 0 Å². The average Bonchev–Trinajstić information content (AvgIpc) is 3.04. The molecular formula is C21H21N3OS. The molecule has 2 aromatic carbocycles. The van der Waals surface area contributed by atoms with Crippen LogP contribution in [0.5, 0.6) is 0 Å². The summed E-state index contributed by atoms with van der Waals surface area (Å²) in [6.45, 7) is 5.75. The van der Waals surface area contributed by atoms with Crippen molar-refractivity contribution in [1.82, 2.24) is 4.90 Å². The molecule has 0 spiro atoms. The number of nitrogens with zero attached hydrogens (tertiary/aromatic N) is 3. The lowest BCUT2D eigenvalue weighted by atomic mass is 10.2. The summed E-state index contributed by atoms with van der Waals surface area (Å²) in [5, 5.41) is 0.834. The number of piperazine rings is 1. The van der Waals surface area contributed by atoms with Crippen molar-refractivity contribution in [3.8, 4) is 0 Å². The minimum Gasteiger partial charge on any atom is -0.368 e. The number of thioether (sulfide) groups is 1. The van der Waals surface area contributed by atoms with Crippen LogP contribution < -0.4 is 4.90 Å². The summed E-state index contributed by atoms with van der Waals surface area (Å²) in [7, 11) is 0. The zero-order valence-corrected chi connectivity index (χ0v) is 15.6. The fourth-order valence-corrected chi connectivity index (χ4v) is 4.11. The number of carbonyl (C=O) groups is 1. The van der Waals surface area contributed by atoms with Crippen LogP contribution in [0.3, 0.4) is 0 Å². The highest BCUT2D eigenvalue weighted by Gasteiger charge is 2.28. The number of benzene rings is 2. The molecule has 4 rings (SSSR count). The molecule has 0 bridgehead atoms. The van der Waals surface area contributed by atoms with E-state index in [4.69, 9.17) is 0 Å². The van der Waals surface area contributed by atoms with E-state index in [1.165, 1.54) is 23.0 Å². The Labute approximate surface area is 158 Å². The first-order chi connectivity index (χ1) is 12.7. The van der Waals surface area contributed by atoms with Crippen LogP contribution in [0, 0.1) is 6.92 Å². The third-order valence-corrected chi connectivity index (χ3v) is 5.70. The number of anilines is 1. The predicted octanol–water partition coefficient (Wildman–Crippen LogP) is 3.79. The lowest BCUT2D eigenvalue weighted by molar-refractivity contribution is -0.113. The highest BCUT2D eigenvalue weighted by atomic mass is 32.2. The van der Waals surface area contributed by atoms with Crippen LogP contribution in [0.15, 0.2) is 64.5 Å². The standard InChI is InChI=1S/C21H21N3OS/c1-16-7-9-18(10-8-16)23-11-13-24(14-12-23)21-22-20(25)19(26-21)15-17-5-3-2-4-6-17/h2-10,15H,11-14H2,1H3/b19-15-. The molecule has 4 nitrogen and oxygen atoms in total. The van der Waals surface area contributed by atoms with Crippen molar-refractivity contribution in [2.24, 2.45) is 4.99 Å². The molecule has 0 aliphatic carbocycles. The first-order valence-electron chi connectivity index (χ1n) is 8.83. The van der Waals surface area contributed by atoms with Gasteiger partial charge in [0.1, 0.15) is 0 Å². The highest BCUT2D eigenvalue weighted by molar-refractivity contribution is 8.18. The van der Waals surface area contributed by atoms with E-state index in [2.05, 4.69) is 46.0 Å². The van der Waals surface area contributed by atoms with E-state index in [0.717, 1.165) is 36.9 Å². The van der Waals surface area contributed by atoms with Gasteiger partial charge in [0.05, 0.1) is 4.91 Å². The quantitative estimate of drug-likeness (QED) is 0.761. The van der Waals surface area contributed by atoms with Crippen LogP contribution in [0.25, 0.3) is 6.08 Å². The summed E-state index contributed by atoms with van der Waals surface area (Å²) in [5.74, 6) is -0.130. The second-order valence-electron chi connectivity index (χ2n) is 6.53. The Morgan fingerprint density at radius 1 is 0.923 bits per heavy atom. The fraction of sp³-hybridized carbons (Fsp3) is 0.238. The molecule has 1 saturated heterocycles. The summed E-state index contributed by atoms with van der Waals surface area (Å²) in [5.41, 5.74) is 3.57. The first-order valence-corrected chi connectivity index (χ1v) is 9.65. The fourth-order valence-electron chi connectivity index (χ4n) is 3.15. The molecule has 0 radical (unpaired) electrons. The number of rotatable bonds is 2. The normalized spacial score (nSPS) is 19.2. The van der Waals surface area contributed by atoms with Crippen LogP contribution >= 0.6 is 11.8 Å². The lowest BCUT2D eigenvalue weighted by Gasteiger charge is -2.36. The average molecular weight is 363 g/mol. The maximum absolute atomic E-state index is 12.2. The van der Waals surface area contributed by atoms with Gasteiger partial charge in [-0.1, -0.05) is 48.0 Å². The van der Waals surface area contributed by atoms with Gasteiger partial charge < -0.3 is 9.80 Å². The van der Waals surface area contributed by atoms with Gasteiger partial charge >= 0.3 is 0 Å². The zero-order chi connectivity index (χ0) is 17.9. The molecule has 0 N–H and O–H groups in total. The SMILES string of the molecule is Cc1ccc(N2CCN(C3=NC(=O)/C(=C/c4ccccc4)S3)CC2)cc1. The molecule has 2 aliphatic rings. The van der Waals surface area contributed by atoms with E-state index in [-0.39, 0.29) is 5.91 Å². The van der Waals surface area contributed by atoms with Gasteiger partial charge in [-0.25, -0.2) is 0 Å². The Kier molecular flexibility index (Phi) is 4.80. The molecule has 0 aromatic heterocycles. The molecule has 0 unspecified atom stereocenters. The Morgan fingerprint density at radius 2 is 1.58 bits per heavy atom. The van der Waals surface area contributed by atoms with Gasteiger partial charge in [0.15, 0.2) is 5.17 Å². The highest BCUT2D eigenvalue weighted by Crippen LogP contribution is 2.31. The van der Waals surface area contributed by atoms with Gasteiger partial charge in [-0.05, 0) is 42.5 Å². The number of aliphatic imine (C=N–C) groups is 1. The number of carbonyl (C=O) groups excluding carboxylic acids is 1. The summed E-state index contributed by atoms with van der Waals surface area (Å²) in [4.78, 5) is 21.8. The Hall–Kier alpha value is -2.53. The number of amides is 1. The van der Waals surface area contributed by atoms with Crippen molar-refractivity contribution in [2.75, 3.05) is 31.1 Å². The van der Waals surface area contributed by atoms with Gasteiger partial charge in [-0.3, -0.25) is 4.79 Å². The predicted molar refractivity (Wildman–Crippen MR) is 109 cm³/mol. The van der Waals surface area contributed by atoms with Gasteiger partial charge in [0.2, 0.25) is 0 Å². The van der Waals surface area contributed by atoms with E-state index >= 15 is 0 Å². The van der Waals surface area contributed by atoms with Crippen molar-refractivity contribution in [2.45, 2.75) is 6.92 Å². The molecule has 132 valence electrons. The molecule has 2 heterocycles. The molecule has 1 amide bonds. The maximum atomic E-state index is 12.2. The van der Waals surface area contributed by atoms with Crippen molar-refractivity contribution in [1.29, 1.82) is 0 Å². The molecule has 2 aliphatic heterocycles. The summed E-state index contributed by atoms with van der Waals surface area (Å²) >= 11 is 1.49. The van der Waals surface area contributed by atoms with Gasteiger partial charge in [-0.2, -0.15) is 4.99 Å². The topological polar surface area (TPSA) is 35.9 Å². The number of hydrogen-bond donors (Lipinski definition) is 0. The van der Waals surface area contributed by atoms with Gasteiger partial charge in [0.25, 0.3) is 5.91 Å². The molecule has 0 atom stereocenters. The van der Waals surface area contributed by atoms with Crippen LogP contribution in [-0.4, -0.2) is 42.2 Å². The second-order valence-corrected chi connectivity index (χ2v) is 7.54. The van der Waals surface area contributed by atoms with E-state index in [1.807, 2.05) is 36.4 Å². The van der Waals surface area contributed by atoms with Crippen molar-refractivity contribution >= 4 is 34.6 Å². The molecule has 5 heteroatoms. The number of amidine groups is 1. The third kappa shape index (κ3) is 3.68. The van der Waals surface area contributed by atoms with Crippen molar-refractivity contribution < 1.29 is 4.79 Å². The maximum Gasteiger partial charge on any atom is 0.286 e. The molecule has 2 aromatic rings. The van der Waals surface area contributed by atoms with E-state index in [0.29, 0.717) is 4.91 Å². The van der Waals surface area contributed by atoms with Gasteiger partial charge in [-0.15, -0.1) is 0 Å². The van der Waals surface area contributed by atoms with Gasteiger partial charge in [0, 0.05) is 31.9 Å².